The quantitative estimate of drug-likeness (QED) is 0.859. The molecule has 2 unspecified atom stereocenters. The van der Waals surface area contributed by atoms with Crippen molar-refractivity contribution in [3.05, 3.63) is 17.6 Å². The highest BCUT2D eigenvalue weighted by Crippen LogP contribution is 2.29. The van der Waals surface area contributed by atoms with Crippen LogP contribution in [0.1, 0.15) is 37.1 Å². The van der Waals surface area contributed by atoms with Gasteiger partial charge in [-0.05, 0) is 38.5 Å². The van der Waals surface area contributed by atoms with Crippen LogP contribution in [0.4, 0.5) is 5.82 Å². The van der Waals surface area contributed by atoms with Crippen LogP contribution in [0.2, 0.25) is 0 Å². The lowest BCUT2D eigenvalue weighted by Gasteiger charge is -2.30. The molecule has 0 aliphatic heterocycles. The number of anilines is 1. The van der Waals surface area contributed by atoms with Crippen molar-refractivity contribution in [2.75, 3.05) is 18.5 Å². The van der Waals surface area contributed by atoms with Crippen LogP contribution in [0.15, 0.2) is 6.20 Å². The van der Waals surface area contributed by atoms with Gasteiger partial charge in [-0.1, -0.05) is 12.8 Å². The van der Waals surface area contributed by atoms with Gasteiger partial charge >= 0.3 is 0 Å². The average Bonchev–Trinajstić information content (AvgIpc) is 2.40. The summed E-state index contributed by atoms with van der Waals surface area (Å²) in [5.41, 5.74) is 1.95. The maximum absolute atomic E-state index is 9.38. The second-order valence-electron chi connectivity index (χ2n) is 5.29. The van der Waals surface area contributed by atoms with Gasteiger partial charge in [0.15, 0.2) is 0 Å². The molecule has 1 heterocycles. The Kier molecular flexibility index (Phi) is 4.53. The van der Waals surface area contributed by atoms with Crippen molar-refractivity contribution in [1.82, 2.24) is 9.97 Å². The van der Waals surface area contributed by atoms with E-state index in [-0.39, 0.29) is 0 Å². The summed E-state index contributed by atoms with van der Waals surface area (Å²) in [6, 6.07) is 0. The fourth-order valence-corrected chi connectivity index (χ4v) is 2.66. The molecule has 0 aromatic carbocycles. The first-order chi connectivity index (χ1) is 8.70. The summed E-state index contributed by atoms with van der Waals surface area (Å²) >= 11 is 0. The first-order valence-corrected chi connectivity index (χ1v) is 6.85. The van der Waals surface area contributed by atoms with Gasteiger partial charge < -0.3 is 10.4 Å². The summed E-state index contributed by atoms with van der Waals surface area (Å²) in [7, 11) is 0. The van der Waals surface area contributed by atoms with Crippen LogP contribution >= 0.6 is 0 Å². The molecular weight excluding hydrogens is 226 g/mol. The summed E-state index contributed by atoms with van der Waals surface area (Å²) in [5, 5.41) is 12.7. The van der Waals surface area contributed by atoms with E-state index < -0.39 is 0 Å². The fraction of sp³-hybridized carbons (Fsp3) is 0.714. The van der Waals surface area contributed by atoms with Crippen LogP contribution in [0.3, 0.4) is 0 Å². The van der Waals surface area contributed by atoms with Gasteiger partial charge in [-0.15, -0.1) is 0 Å². The third-order valence-corrected chi connectivity index (χ3v) is 4.04. The van der Waals surface area contributed by atoms with Crippen LogP contribution in [0.5, 0.6) is 0 Å². The third kappa shape index (κ3) is 3.19. The number of aliphatic hydroxyl groups excluding tert-OH is 1. The minimum Gasteiger partial charge on any atom is -0.396 e. The topological polar surface area (TPSA) is 58.0 Å². The zero-order valence-corrected chi connectivity index (χ0v) is 11.3. The molecule has 1 fully saturated rings. The molecule has 4 heteroatoms. The first kappa shape index (κ1) is 13.3. The zero-order chi connectivity index (χ0) is 13.0. The van der Waals surface area contributed by atoms with E-state index >= 15 is 0 Å². The second kappa shape index (κ2) is 6.14. The van der Waals surface area contributed by atoms with E-state index in [9.17, 15) is 5.11 Å². The summed E-state index contributed by atoms with van der Waals surface area (Å²) in [5.74, 6) is 1.86. The monoisotopic (exact) mass is 249 g/mol. The van der Waals surface area contributed by atoms with Gasteiger partial charge in [0.25, 0.3) is 0 Å². The standard InChI is InChI=1S/C14H23N3O/c1-10-11(2)17-14(8-15-10)16-7-12-5-3-4-6-13(12)9-18/h8,12-13,18H,3-7,9H2,1-2H3,(H,16,17). The predicted molar refractivity (Wildman–Crippen MR) is 72.5 cm³/mol. The third-order valence-electron chi connectivity index (χ3n) is 4.04. The van der Waals surface area contributed by atoms with Gasteiger partial charge in [-0.3, -0.25) is 4.98 Å². The summed E-state index contributed by atoms with van der Waals surface area (Å²) in [6.07, 6.45) is 6.68. The highest BCUT2D eigenvalue weighted by molar-refractivity contribution is 5.33. The highest BCUT2D eigenvalue weighted by Gasteiger charge is 2.24. The van der Waals surface area contributed by atoms with E-state index in [2.05, 4.69) is 15.3 Å². The minimum atomic E-state index is 0.310. The van der Waals surface area contributed by atoms with E-state index in [1.54, 1.807) is 6.20 Å². The Balaban J connectivity index is 1.91. The van der Waals surface area contributed by atoms with Gasteiger partial charge in [0.1, 0.15) is 5.82 Å². The van der Waals surface area contributed by atoms with Gasteiger partial charge in [-0.25, -0.2) is 4.98 Å². The van der Waals surface area contributed by atoms with Gasteiger partial charge in [-0.2, -0.15) is 0 Å². The molecule has 1 saturated carbocycles. The van der Waals surface area contributed by atoms with Gasteiger partial charge in [0, 0.05) is 13.2 Å². The number of aryl methyl sites for hydroxylation is 2. The Bertz CT molecular complexity index is 395. The number of nitrogens with zero attached hydrogens (tertiary/aromatic N) is 2. The normalized spacial score (nSPS) is 23.9. The zero-order valence-electron chi connectivity index (χ0n) is 11.3. The maximum Gasteiger partial charge on any atom is 0.144 e. The number of aliphatic hydroxyl groups is 1. The second-order valence-corrected chi connectivity index (χ2v) is 5.29. The van der Waals surface area contributed by atoms with Crippen molar-refractivity contribution < 1.29 is 5.11 Å². The van der Waals surface area contributed by atoms with Crippen LogP contribution < -0.4 is 5.32 Å². The van der Waals surface area contributed by atoms with E-state index in [0.29, 0.717) is 18.4 Å². The average molecular weight is 249 g/mol. The molecule has 1 aliphatic rings. The molecule has 0 spiro atoms. The van der Waals surface area contributed by atoms with Crippen molar-refractivity contribution in [1.29, 1.82) is 0 Å². The van der Waals surface area contributed by atoms with E-state index in [1.807, 2.05) is 13.8 Å². The van der Waals surface area contributed by atoms with E-state index in [1.165, 1.54) is 19.3 Å². The Morgan fingerprint density at radius 3 is 2.61 bits per heavy atom. The van der Waals surface area contributed by atoms with Crippen molar-refractivity contribution in [2.45, 2.75) is 39.5 Å². The number of hydrogen-bond donors (Lipinski definition) is 2. The molecule has 4 nitrogen and oxygen atoms in total. The molecular formula is C14H23N3O. The Morgan fingerprint density at radius 2 is 1.94 bits per heavy atom. The maximum atomic E-state index is 9.38. The number of nitrogens with one attached hydrogen (secondary N) is 1. The van der Waals surface area contributed by atoms with Crippen molar-refractivity contribution in [3.63, 3.8) is 0 Å². The Labute approximate surface area is 109 Å². The van der Waals surface area contributed by atoms with Crippen LogP contribution in [0, 0.1) is 25.7 Å². The molecule has 2 rings (SSSR count). The van der Waals surface area contributed by atoms with Crippen molar-refractivity contribution >= 4 is 5.82 Å². The molecule has 0 saturated heterocycles. The summed E-state index contributed by atoms with van der Waals surface area (Å²) in [6.45, 7) is 5.15. The predicted octanol–water partition coefficient (Wildman–Crippen LogP) is 2.30. The summed E-state index contributed by atoms with van der Waals surface area (Å²) < 4.78 is 0. The molecule has 0 bridgehead atoms. The Morgan fingerprint density at radius 1 is 1.22 bits per heavy atom. The molecule has 1 aliphatic carbocycles. The van der Waals surface area contributed by atoms with Crippen LogP contribution in [-0.4, -0.2) is 28.2 Å². The SMILES string of the molecule is Cc1ncc(NCC2CCCCC2CO)nc1C. The molecule has 2 N–H and O–H groups in total. The summed E-state index contributed by atoms with van der Waals surface area (Å²) in [4.78, 5) is 8.78. The van der Waals surface area contributed by atoms with E-state index in [0.717, 1.165) is 30.2 Å². The molecule has 100 valence electrons. The Hall–Kier alpha value is -1.16. The number of rotatable bonds is 4. The molecule has 1 aromatic rings. The lowest BCUT2D eigenvalue weighted by molar-refractivity contribution is 0.141. The van der Waals surface area contributed by atoms with Crippen molar-refractivity contribution in [3.8, 4) is 0 Å². The number of hydrogen-bond acceptors (Lipinski definition) is 4. The minimum absolute atomic E-state index is 0.310. The highest BCUT2D eigenvalue weighted by atomic mass is 16.3. The van der Waals surface area contributed by atoms with Crippen LogP contribution in [0.25, 0.3) is 0 Å². The lowest BCUT2D eigenvalue weighted by Crippen LogP contribution is -2.28. The lowest BCUT2D eigenvalue weighted by atomic mass is 9.79. The molecule has 2 atom stereocenters. The first-order valence-electron chi connectivity index (χ1n) is 6.85. The smallest absolute Gasteiger partial charge is 0.144 e. The molecule has 0 radical (unpaired) electrons. The van der Waals surface area contributed by atoms with Crippen LogP contribution in [-0.2, 0) is 0 Å². The largest absolute Gasteiger partial charge is 0.396 e. The molecule has 18 heavy (non-hydrogen) atoms. The molecule has 0 amide bonds. The van der Waals surface area contributed by atoms with Gasteiger partial charge in [0.05, 0.1) is 17.6 Å². The number of aromatic nitrogens is 2. The van der Waals surface area contributed by atoms with Gasteiger partial charge in [0.2, 0.25) is 0 Å². The molecule has 1 aromatic heterocycles. The fourth-order valence-electron chi connectivity index (χ4n) is 2.66. The van der Waals surface area contributed by atoms with Crippen molar-refractivity contribution in [2.24, 2.45) is 11.8 Å². The van der Waals surface area contributed by atoms with E-state index in [4.69, 9.17) is 0 Å².